The molecule has 1 atom stereocenters. The standard InChI is InChI=1S/C19H18FN5O/c20-15-5-2-1-4-14(15)12-17(26)25-11-3-6-16(25)19-22-18(23-24-19)13-7-9-21-10-8-13/h1-2,4-5,7-10,16H,3,6,11-12H2,(H,22,23,24)/t16-/m0/s1. The van der Waals surface area contributed by atoms with E-state index in [9.17, 15) is 9.18 Å². The number of benzene rings is 1. The smallest absolute Gasteiger partial charge is 0.227 e. The van der Waals surface area contributed by atoms with Crippen LogP contribution in [-0.4, -0.2) is 37.5 Å². The number of carbonyl (C=O) groups excluding carboxylic acids is 1. The van der Waals surface area contributed by atoms with Crippen LogP contribution in [0.2, 0.25) is 0 Å². The normalized spacial score (nSPS) is 16.8. The lowest BCUT2D eigenvalue weighted by Crippen LogP contribution is -2.32. The number of pyridine rings is 1. The van der Waals surface area contributed by atoms with Crippen molar-refractivity contribution < 1.29 is 9.18 Å². The van der Waals surface area contributed by atoms with Gasteiger partial charge in [-0.15, -0.1) is 0 Å². The number of halogens is 1. The van der Waals surface area contributed by atoms with Crippen LogP contribution in [-0.2, 0) is 11.2 Å². The van der Waals surface area contributed by atoms with E-state index in [-0.39, 0.29) is 24.2 Å². The summed E-state index contributed by atoms with van der Waals surface area (Å²) in [5.41, 5.74) is 1.28. The lowest BCUT2D eigenvalue weighted by atomic mass is 10.1. The topological polar surface area (TPSA) is 74.8 Å². The third-order valence-electron chi connectivity index (χ3n) is 4.63. The molecular weight excluding hydrogens is 333 g/mol. The van der Waals surface area contributed by atoms with Gasteiger partial charge in [-0.25, -0.2) is 9.37 Å². The van der Waals surface area contributed by atoms with E-state index in [0.29, 0.717) is 23.8 Å². The Hall–Kier alpha value is -3.09. The summed E-state index contributed by atoms with van der Waals surface area (Å²) in [7, 11) is 0. The molecule has 1 aromatic carbocycles. The van der Waals surface area contributed by atoms with Gasteiger partial charge in [0.15, 0.2) is 5.82 Å². The molecule has 0 saturated carbocycles. The summed E-state index contributed by atoms with van der Waals surface area (Å²) < 4.78 is 13.8. The van der Waals surface area contributed by atoms with Crippen LogP contribution < -0.4 is 0 Å². The average Bonchev–Trinajstić information content (AvgIpc) is 3.33. The Labute approximate surface area is 150 Å². The number of rotatable bonds is 4. The van der Waals surface area contributed by atoms with Gasteiger partial charge in [0, 0.05) is 24.5 Å². The lowest BCUT2D eigenvalue weighted by Gasteiger charge is -2.23. The third-order valence-corrected chi connectivity index (χ3v) is 4.63. The summed E-state index contributed by atoms with van der Waals surface area (Å²) in [6.07, 6.45) is 5.12. The van der Waals surface area contributed by atoms with Crippen LogP contribution in [0.4, 0.5) is 4.39 Å². The molecule has 2 aromatic heterocycles. The minimum atomic E-state index is -0.351. The summed E-state index contributed by atoms with van der Waals surface area (Å²) in [6, 6.07) is 9.90. The first-order valence-electron chi connectivity index (χ1n) is 8.58. The Bertz CT molecular complexity index is 911. The average molecular weight is 351 g/mol. The summed E-state index contributed by atoms with van der Waals surface area (Å²) >= 11 is 0. The van der Waals surface area contributed by atoms with E-state index in [2.05, 4.69) is 20.2 Å². The highest BCUT2D eigenvalue weighted by Gasteiger charge is 2.32. The molecule has 4 rings (SSSR count). The second-order valence-electron chi connectivity index (χ2n) is 6.29. The van der Waals surface area contributed by atoms with Crippen molar-refractivity contribution in [3.05, 3.63) is 66.0 Å². The van der Waals surface area contributed by atoms with Crippen LogP contribution >= 0.6 is 0 Å². The van der Waals surface area contributed by atoms with Crippen LogP contribution in [0.25, 0.3) is 11.4 Å². The predicted molar refractivity (Wildman–Crippen MR) is 93.4 cm³/mol. The van der Waals surface area contributed by atoms with Crippen LogP contribution in [0.3, 0.4) is 0 Å². The van der Waals surface area contributed by atoms with Gasteiger partial charge in [0.05, 0.1) is 12.5 Å². The van der Waals surface area contributed by atoms with E-state index in [1.165, 1.54) is 6.07 Å². The number of nitrogens with zero attached hydrogens (tertiary/aromatic N) is 4. The number of likely N-dealkylation sites (tertiary alicyclic amines) is 1. The predicted octanol–water partition coefficient (Wildman–Crippen LogP) is 2.91. The zero-order chi connectivity index (χ0) is 17.9. The first-order chi connectivity index (χ1) is 12.7. The van der Waals surface area contributed by atoms with Crippen molar-refractivity contribution in [1.82, 2.24) is 25.1 Å². The highest BCUT2D eigenvalue weighted by atomic mass is 19.1. The molecule has 3 aromatic rings. The third kappa shape index (κ3) is 3.20. The molecule has 1 saturated heterocycles. The van der Waals surface area contributed by atoms with Gasteiger partial charge in [0.2, 0.25) is 5.91 Å². The van der Waals surface area contributed by atoms with Gasteiger partial charge in [-0.05, 0) is 36.6 Å². The van der Waals surface area contributed by atoms with Crippen molar-refractivity contribution in [2.24, 2.45) is 0 Å². The quantitative estimate of drug-likeness (QED) is 0.784. The Balaban J connectivity index is 1.53. The minimum Gasteiger partial charge on any atom is -0.332 e. The first kappa shape index (κ1) is 16.4. The zero-order valence-corrected chi connectivity index (χ0v) is 14.1. The molecule has 6 nitrogen and oxygen atoms in total. The van der Waals surface area contributed by atoms with Crippen LogP contribution in [0.5, 0.6) is 0 Å². The van der Waals surface area contributed by atoms with Crippen molar-refractivity contribution in [3.63, 3.8) is 0 Å². The first-order valence-corrected chi connectivity index (χ1v) is 8.58. The van der Waals surface area contributed by atoms with Crippen molar-refractivity contribution in [3.8, 4) is 11.4 Å². The van der Waals surface area contributed by atoms with Gasteiger partial charge in [0.1, 0.15) is 11.6 Å². The van der Waals surface area contributed by atoms with Gasteiger partial charge in [-0.2, -0.15) is 5.10 Å². The fourth-order valence-electron chi connectivity index (χ4n) is 3.31. The fourth-order valence-corrected chi connectivity index (χ4v) is 3.31. The molecule has 0 radical (unpaired) electrons. The number of hydrogen-bond donors (Lipinski definition) is 1. The molecule has 0 unspecified atom stereocenters. The zero-order valence-electron chi connectivity index (χ0n) is 14.1. The number of carbonyl (C=O) groups is 1. The Morgan fingerprint density at radius 1 is 1.23 bits per heavy atom. The molecule has 1 aliphatic rings. The molecule has 1 amide bonds. The van der Waals surface area contributed by atoms with Crippen molar-refractivity contribution >= 4 is 5.91 Å². The molecule has 1 N–H and O–H groups in total. The van der Waals surface area contributed by atoms with E-state index < -0.39 is 0 Å². The Morgan fingerprint density at radius 3 is 2.85 bits per heavy atom. The number of nitrogens with one attached hydrogen (secondary N) is 1. The monoisotopic (exact) mass is 351 g/mol. The fraction of sp³-hybridized carbons (Fsp3) is 0.263. The van der Waals surface area contributed by atoms with Gasteiger partial charge < -0.3 is 4.90 Å². The van der Waals surface area contributed by atoms with E-state index in [4.69, 9.17) is 0 Å². The van der Waals surface area contributed by atoms with Crippen molar-refractivity contribution in [2.45, 2.75) is 25.3 Å². The van der Waals surface area contributed by atoms with Crippen LogP contribution in [0.1, 0.15) is 30.3 Å². The highest BCUT2D eigenvalue weighted by Crippen LogP contribution is 2.31. The Kier molecular flexibility index (Phi) is 4.43. The number of amides is 1. The highest BCUT2D eigenvalue weighted by molar-refractivity contribution is 5.79. The molecular formula is C19H18FN5O. The lowest BCUT2D eigenvalue weighted by molar-refractivity contribution is -0.131. The number of H-pyrrole nitrogens is 1. The minimum absolute atomic E-state index is 0.0501. The maximum atomic E-state index is 13.8. The molecule has 7 heteroatoms. The molecule has 1 fully saturated rings. The molecule has 132 valence electrons. The summed E-state index contributed by atoms with van der Waals surface area (Å²) in [4.78, 5) is 23.0. The number of hydrogen-bond acceptors (Lipinski definition) is 4. The number of aromatic nitrogens is 4. The summed E-state index contributed by atoms with van der Waals surface area (Å²) in [6.45, 7) is 0.642. The van der Waals surface area contributed by atoms with E-state index in [0.717, 1.165) is 18.4 Å². The summed E-state index contributed by atoms with van der Waals surface area (Å²) in [5.74, 6) is 0.794. The second kappa shape index (κ2) is 7.03. The van der Waals surface area contributed by atoms with Crippen molar-refractivity contribution in [2.75, 3.05) is 6.54 Å². The van der Waals surface area contributed by atoms with Crippen LogP contribution in [0, 0.1) is 5.82 Å². The SMILES string of the molecule is O=C(Cc1ccccc1F)N1CCC[C@H]1c1nc(-c2ccncc2)n[nH]1. The molecule has 0 aliphatic carbocycles. The molecule has 3 heterocycles. The second-order valence-corrected chi connectivity index (χ2v) is 6.29. The van der Waals surface area contributed by atoms with Gasteiger partial charge in [0.25, 0.3) is 0 Å². The maximum Gasteiger partial charge on any atom is 0.227 e. The van der Waals surface area contributed by atoms with E-state index >= 15 is 0 Å². The largest absolute Gasteiger partial charge is 0.332 e. The van der Waals surface area contributed by atoms with Crippen LogP contribution in [0.15, 0.2) is 48.8 Å². The molecule has 0 bridgehead atoms. The van der Waals surface area contributed by atoms with Gasteiger partial charge in [-0.1, -0.05) is 18.2 Å². The summed E-state index contributed by atoms with van der Waals surface area (Å²) in [5, 5.41) is 7.22. The molecule has 0 spiro atoms. The molecule has 1 aliphatic heterocycles. The van der Waals surface area contributed by atoms with Crippen molar-refractivity contribution in [1.29, 1.82) is 0 Å². The van der Waals surface area contributed by atoms with E-state index in [1.54, 1.807) is 35.5 Å². The van der Waals surface area contributed by atoms with Gasteiger partial charge >= 0.3 is 0 Å². The molecule has 26 heavy (non-hydrogen) atoms. The van der Waals surface area contributed by atoms with Gasteiger partial charge in [-0.3, -0.25) is 14.9 Å². The maximum absolute atomic E-state index is 13.8. The number of aromatic amines is 1. The van der Waals surface area contributed by atoms with E-state index in [1.807, 2.05) is 12.1 Å². The Morgan fingerprint density at radius 2 is 2.04 bits per heavy atom.